The summed E-state index contributed by atoms with van der Waals surface area (Å²) in [6.45, 7) is 4.01. The highest BCUT2D eigenvalue weighted by Gasteiger charge is 2.22. The number of aromatic nitrogens is 2. The summed E-state index contributed by atoms with van der Waals surface area (Å²) >= 11 is 1.53. The van der Waals surface area contributed by atoms with Crippen LogP contribution in [0.2, 0.25) is 0 Å². The lowest BCUT2D eigenvalue weighted by molar-refractivity contribution is 0.271. The second kappa shape index (κ2) is 9.83. The van der Waals surface area contributed by atoms with Crippen molar-refractivity contribution in [1.29, 1.82) is 0 Å². The molecule has 1 saturated heterocycles. The Bertz CT molecular complexity index is 1020. The van der Waals surface area contributed by atoms with Crippen molar-refractivity contribution in [1.82, 2.24) is 14.5 Å². The molecule has 1 aliphatic heterocycles. The monoisotopic (exact) mass is 437 g/mol. The van der Waals surface area contributed by atoms with Gasteiger partial charge in [-0.2, -0.15) is 0 Å². The zero-order valence-corrected chi connectivity index (χ0v) is 19.5. The fraction of sp³-hybridized carbons (Fsp3) is 0.615. The second-order valence-electron chi connectivity index (χ2n) is 9.55. The number of rotatable bonds is 5. The minimum atomic E-state index is 0.146. The fourth-order valence-electron chi connectivity index (χ4n) is 5.65. The summed E-state index contributed by atoms with van der Waals surface area (Å²) in [5.74, 6) is 1.69. The van der Waals surface area contributed by atoms with E-state index >= 15 is 0 Å². The van der Waals surface area contributed by atoms with Crippen molar-refractivity contribution in [2.24, 2.45) is 5.92 Å². The van der Waals surface area contributed by atoms with E-state index in [2.05, 4.69) is 17.1 Å². The number of thiophene rings is 1. The second-order valence-corrected chi connectivity index (χ2v) is 10.5. The van der Waals surface area contributed by atoms with E-state index in [9.17, 15) is 4.79 Å². The van der Waals surface area contributed by atoms with Crippen LogP contribution in [-0.4, -0.2) is 34.1 Å². The van der Waals surface area contributed by atoms with Gasteiger partial charge in [-0.15, -0.1) is 11.3 Å². The van der Waals surface area contributed by atoms with Gasteiger partial charge in [0, 0.05) is 13.1 Å². The Morgan fingerprint density at radius 2 is 1.71 bits per heavy atom. The van der Waals surface area contributed by atoms with Crippen LogP contribution in [0.1, 0.15) is 76.5 Å². The molecular weight excluding hydrogens is 402 g/mol. The van der Waals surface area contributed by atoms with Gasteiger partial charge in [0.25, 0.3) is 5.56 Å². The molecule has 3 aliphatic rings. The molecule has 2 aromatic heterocycles. The van der Waals surface area contributed by atoms with Crippen molar-refractivity contribution in [2.45, 2.75) is 77.2 Å². The van der Waals surface area contributed by atoms with E-state index in [1.54, 1.807) is 5.57 Å². The van der Waals surface area contributed by atoms with Crippen LogP contribution < -0.4 is 5.56 Å². The number of nitrogens with zero attached hydrogens (tertiary/aromatic N) is 3. The lowest BCUT2D eigenvalue weighted by Crippen LogP contribution is -2.33. The Hall–Kier alpha value is -1.72. The molecule has 0 radical (unpaired) electrons. The van der Waals surface area contributed by atoms with Crippen molar-refractivity contribution in [2.75, 3.05) is 19.6 Å². The van der Waals surface area contributed by atoms with Crippen LogP contribution in [-0.2, 0) is 6.54 Å². The highest BCUT2D eigenvalue weighted by Crippen LogP contribution is 2.36. The Balaban J connectivity index is 1.43. The van der Waals surface area contributed by atoms with Crippen LogP contribution in [0.25, 0.3) is 15.8 Å². The highest BCUT2D eigenvalue weighted by atomic mass is 32.1. The molecule has 166 valence electrons. The van der Waals surface area contributed by atoms with E-state index in [4.69, 9.17) is 4.98 Å². The lowest BCUT2D eigenvalue weighted by Gasteiger charge is -2.27. The number of fused-ring (bicyclic) bond motifs is 1. The number of allylic oxidation sites excluding steroid dienone is 4. The van der Waals surface area contributed by atoms with Gasteiger partial charge in [-0.3, -0.25) is 9.36 Å². The SMILES string of the molecule is O=c1c2sccc2nc(C2=CC=C(C3CCCCC3)CC2)n1CCN1CCCCCC1. The summed E-state index contributed by atoms with van der Waals surface area (Å²) in [5, 5.41) is 2.00. The Labute approximate surface area is 189 Å². The molecule has 0 spiro atoms. The van der Waals surface area contributed by atoms with Crippen LogP contribution in [0, 0.1) is 5.92 Å². The molecule has 4 nitrogen and oxygen atoms in total. The Morgan fingerprint density at radius 3 is 2.45 bits per heavy atom. The van der Waals surface area contributed by atoms with E-state index in [-0.39, 0.29) is 5.56 Å². The first-order chi connectivity index (χ1) is 15.3. The molecule has 5 rings (SSSR count). The van der Waals surface area contributed by atoms with Gasteiger partial charge in [0.15, 0.2) is 0 Å². The zero-order valence-electron chi connectivity index (χ0n) is 18.7. The summed E-state index contributed by atoms with van der Waals surface area (Å²) < 4.78 is 2.78. The molecule has 0 aromatic carbocycles. The summed E-state index contributed by atoms with van der Waals surface area (Å²) in [7, 11) is 0. The minimum absolute atomic E-state index is 0.146. The van der Waals surface area contributed by atoms with E-state index in [0.29, 0.717) is 0 Å². The molecule has 31 heavy (non-hydrogen) atoms. The van der Waals surface area contributed by atoms with Crippen molar-refractivity contribution in [3.8, 4) is 0 Å². The van der Waals surface area contributed by atoms with E-state index in [1.165, 1.54) is 74.7 Å². The van der Waals surface area contributed by atoms with Gasteiger partial charge < -0.3 is 4.90 Å². The minimum Gasteiger partial charge on any atom is -0.302 e. The van der Waals surface area contributed by atoms with Gasteiger partial charge >= 0.3 is 0 Å². The van der Waals surface area contributed by atoms with Crippen LogP contribution in [0.15, 0.2) is 34.0 Å². The summed E-state index contributed by atoms with van der Waals surface area (Å²) in [4.78, 5) is 20.9. The largest absolute Gasteiger partial charge is 0.302 e. The van der Waals surface area contributed by atoms with Crippen molar-refractivity contribution in [3.05, 3.63) is 45.3 Å². The maximum absolute atomic E-state index is 13.4. The predicted molar refractivity (Wildman–Crippen MR) is 131 cm³/mol. The third-order valence-electron chi connectivity index (χ3n) is 7.50. The van der Waals surface area contributed by atoms with Gasteiger partial charge in [-0.1, -0.05) is 49.8 Å². The highest BCUT2D eigenvalue weighted by molar-refractivity contribution is 7.17. The van der Waals surface area contributed by atoms with Gasteiger partial charge in [-0.25, -0.2) is 4.98 Å². The van der Waals surface area contributed by atoms with Crippen LogP contribution >= 0.6 is 11.3 Å². The van der Waals surface area contributed by atoms with E-state index in [1.807, 2.05) is 16.0 Å². The van der Waals surface area contributed by atoms with Gasteiger partial charge in [0.1, 0.15) is 10.5 Å². The third-order valence-corrected chi connectivity index (χ3v) is 8.39. The summed E-state index contributed by atoms with van der Waals surface area (Å²) in [5.41, 5.74) is 3.87. The molecular formula is C26H35N3OS. The number of likely N-dealkylation sites (tertiary alicyclic amines) is 1. The molecule has 0 unspecified atom stereocenters. The first kappa shape index (κ1) is 21.1. The van der Waals surface area contributed by atoms with Gasteiger partial charge in [0.05, 0.1) is 5.52 Å². The number of hydrogen-bond donors (Lipinski definition) is 0. The normalized spacial score (nSPS) is 21.7. The molecule has 0 N–H and O–H groups in total. The molecule has 0 amide bonds. The van der Waals surface area contributed by atoms with Gasteiger partial charge in [0.2, 0.25) is 0 Å². The standard InChI is InChI=1S/C26H35N3OS/c30-26-24-23(14-19-31-24)27-25(29(26)18-17-28-15-6-1-2-7-16-28)22-12-10-21(11-13-22)20-8-4-3-5-9-20/h10,12,14,19-20H,1-9,11,13,15-18H2. The molecule has 0 bridgehead atoms. The third kappa shape index (κ3) is 4.73. The predicted octanol–water partition coefficient (Wildman–Crippen LogP) is 6.02. The quantitative estimate of drug-likeness (QED) is 0.574. The van der Waals surface area contributed by atoms with Gasteiger partial charge in [-0.05, 0) is 74.6 Å². The van der Waals surface area contributed by atoms with Crippen LogP contribution in [0.3, 0.4) is 0 Å². The molecule has 2 aliphatic carbocycles. The number of hydrogen-bond acceptors (Lipinski definition) is 4. The van der Waals surface area contributed by atoms with Crippen LogP contribution in [0.5, 0.6) is 0 Å². The van der Waals surface area contributed by atoms with Crippen molar-refractivity contribution in [3.63, 3.8) is 0 Å². The maximum atomic E-state index is 13.4. The average molecular weight is 438 g/mol. The molecule has 1 saturated carbocycles. The first-order valence-corrected chi connectivity index (χ1v) is 13.3. The lowest BCUT2D eigenvalue weighted by atomic mass is 9.80. The maximum Gasteiger partial charge on any atom is 0.271 e. The Morgan fingerprint density at radius 1 is 0.935 bits per heavy atom. The molecule has 2 fully saturated rings. The first-order valence-electron chi connectivity index (χ1n) is 12.4. The molecule has 2 aromatic rings. The fourth-order valence-corrected chi connectivity index (χ4v) is 6.43. The topological polar surface area (TPSA) is 38.1 Å². The smallest absolute Gasteiger partial charge is 0.271 e. The average Bonchev–Trinajstić information content (AvgIpc) is 3.14. The molecule has 3 heterocycles. The molecule has 5 heteroatoms. The molecule has 0 atom stereocenters. The van der Waals surface area contributed by atoms with Crippen molar-refractivity contribution >= 4 is 27.1 Å². The summed E-state index contributed by atoms with van der Waals surface area (Å²) in [6, 6.07) is 2.00. The van der Waals surface area contributed by atoms with Crippen LogP contribution in [0.4, 0.5) is 0 Å². The Kier molecular flexibility index (Phi) is 6.70. The van der Waals surface area contributed by atoms with E-state index in [0.717, 1.165) is 61.0 Å². The zero-order chi connectivity index (χ0) is 21.0. The van der Waals surface area contributed by atoms with Crippen molar-refractivity contribution < 1.29 is 0 Å². The summed E-state index contributed by atoms with van der Waals surface area (Å²) in [6.07, 6.45) is 18.9. The van der Waals surface area contributed by atoms with E-state index < -0.39 is 0 Å².